The number of nitrogens with two attached hydrogens (primary N) is 1. The maximum Gasteiger partial charge on any atom is 0.251 e. The third-order valence-corrected chi connectivity index (χ3v) is 22.6. The first-order chi connectivity index (χ1) is 55.7. The minimum absolute atomic E-state index is 0.0182. The van der Waals surface area contributed by atoms with Crippen molar-refractivity contribution in [1.29, 1.82) is 5.26 Å². The van der Waals surface area contributed by atoms with Gasteiger partial charge in [0.05, 0.1) is 88.1 Å². The third-order valence-electron chi connectivity index (χ3n) is 22.1. The number of pyridine rings is 1. The van der Waals surface area contributed by atoms with E-state index in [1.165, 1.54) is 57.2 Å². The number of benzene rings is 4. The van der Waals surface area contributed by atoms with Gasteiger partial charge in [-0.15, -0.1) is 0 Å². The maximum absolute atomic E-state index is 13.0. The Morgan fingerprint density at radius 2 is 0.803 bits per heavy atom. The molecular formula is C84H99Cl3N20O10. The van der Waals surface area contributed by atoms with Gasteiger partial charge in [-0.1, -0.05) is 62.5 Å². The van der Waals surface area contributed by atoms with Crippen LogP contribution in [0.4, 0.5) is 46.4 Å². The molecule has 10 N–H and O–H groups in total. The predicted octanol–water partition coefficient (Wildman–Crippen LogP) is 12.4. The number of aliphatic hydroxyl groups excluding tert-OH is 1. The number of primary amides is 1. The van der Waals surface area contributed by atoms with E-state index in [1.807, 2.05) is 72.7 Å². The quantitative estimate of drug-likeness (QED) is 0.0434. The topological polar surface area (TPSA) is 403 Å². The van der Waals surface area contributed by atoms with E-state index in [0.717, 1.165) is 57.8 Å². The number of halogens is 3. The summed E-state index contributed by atoms with van der Waals surface area (Å²) in [5.74, 6) is 0.789. The molecule has 0 radical (unpaired) electrons. The molecule has 117 heavy (non-hydrogen) atoms. The zero-order valence-electron chi connectivity index (χ0n) is 67.6. The van der Waals surface area contributed by atoms with Crippen LogP contribution in [-0.4, -0.2) is 150 Å². The smallest absolute Gasteiger partial charge is 0.251 e. The molecule has 4 aromatic carbocycles. The largest absolute Gasteiger partial charge is 0.392 e. The first-order valence-electron chi connectivity index (χ1n) is 38.7. The number of fused-ring (bicyclic) bond motifs is 4. The molecule has 1 fully saturated rings. The Bertz CT molecular complexity index is 4980. The van der Waals surface area contributed by atoms with Crippen LogP contribution in [0.2, 0.25) is 15.1 Å². The monoisotopic (exact) mass is 1650 g/mol. The molecule has 30 nitrogen and oxygen atoms in total. The molecule has 5 aliphatic heterocycles. The number of hydrogen-bond donors (Lipinski definition) is 9. The van der Waals surface area contributed by atoms with Gasteiger partial charge in [-0.2, -0.15) is 5.26 Å². The minimum Gasteiger partial charge on any atom is -0.392 e. The van der Waals surface area contributed by atoms with Crippen LogP contribution in [-0.2, 0) is 23.9 Å². The van der Waals surface area contributed by atoms with Crippen molar-refractivity contribution >= 4 is 128 Å². The zero-order valence-corrected chi connectivity index (χ0v) is 69.9. The number of carbonyl (C=O) groups is 8. The van der Waals surface area contributed by atoms with Gasteiger partial charge in [-0.05, 0) is 162 Å². The average Bonchev–Trinajstić information content (AvgIpc) is 0.772. The van der Waals surface area contributed by atoms with Crippen molar-refractivity contribution in [1.82, 2.24) is 50.8 Å². The summed E-state index contributed by atoms with van der Waals surface area (Å²) in [4.78, 5) is 136. The van der Waals surface area contributed by atoms with Crippen LogP contribution >= 0.6 is 34.8 Å². The number of rotatable bonds is 16. The highest BCUT2D eigenvalue weighted by molar-refractivity contribution is 6.31. The van der Waals surface area contributed by atoms with Crippen molar-refractivity contribution in [2.24, 2.45) is 29.4 Å². The molecule has 0 saturated carbocycles. The molecule has 13 atom stereocenters. The number of aromatic nitrogens is 7. The molecule has 13 rings (SSSR count). The fourth-order valence-corrected chi connectivity index (χ4v) is 15.7. The lowest BCUT2D eigenvalue weighted by Gasteiger charge is -2.44. The number of ether oxygens (including phenoxy) is 1. The van der Waals surface area contributed by atoms with Gasteiger partial charge in [0.15, 0.2) is 0 Å². The van der Waals surface area contributed by atoms with Crippen molar-refractivity contribution in [2.75, 3.05) is 67.2 Å². The van der Waals surface area contributed by atoms with E-state index in [-0.39, 0.29) is 126 Å². The Balaban J connectivity index is 0.000000165. The van der Waals surface area contributed by atoms with Crippen molar-refractivity contribution in [3.63, 3.8) is 0 Å². The highest BCUT2D eigenvalue weighted by Crippen LogP contribution is 2.47. The molecule has 0 spiro atoms. The summed E-state index contributed by atoms with van der Waals surface area (Å²) in [6.07, 6.45) is 11.6. The number of aliphatic hydroxyl groups is 1. The van der Waals surface area contributed by atoms with E-state index >= 15 is 0 Å². The zero-order chi connectivity index (χ0) is 85.0. The van der Waals surface area contributed by atoms with Crippen molar-refractivity contribution in [3.05, 3.63) is 193 Å². The standard InChI is InChI=1S/C23H28ClN5O3.C23H27N5O3.C20H24ClN5O2.C18H20ClN5O2/c1-13-14(2)29(15(3)30)20-5-4-16(22(31)27-18-6-8-32-9-7-18)10-19(20)21(13)28-23-25-11-17(24)12-26-23;1-13(29)11-26-23(31)18-6-7-20-19(9-18)22(14(2)15(3)28(20)16(4)30)27-21-8-5-17(10-24)12-25-21;1-5-22-19(28)14-6-7-17-16(8-14)18(11(2)12(3)26(17)13(4)27)25-20-23-9-15(21)10-24-20;1-9-10(2)24(11(3)25)15-5-4-12(17(20)26)6-14(15)16(9)23-18-21-7-13(19)8-22-18/h4-5,10-14,18,21H,6-9H2,1-3H3,(H,27,31)(H,25,26,28);5-9,12-15,22,29H,11H2,1-4H3,(H,25,27)(H,26,31);6-12,18H,5H2,1-4H3,(H,22,28)(H,23,24,25);4-10,16H,1-3H3,(H2,20,26)(H,21,22,23)/t;13-,14?,15?,22?;;/m.0../s1. The van der Waals surface area contributed by atoms with Crippen LogP contribution in [0.3, 0.4) is 0 Å². The van der Waals surface area contributed by atoms with Gasteiger partial charge in [0.1, 0.15) is 11.9 Å². The lowest BCUT2D eigenvalue weighted by Crippen LogP contribution is -2.48. The lowest BCUT2D eigenvalue weighted by molar-refractivity contribution is -0.118. The summed E-state index contributed by atoms with van der Waals surface area (Å²) in [6.45, 7) is 27.9. The van der Waals surface area contributed by atoms with Gasteiger partial charge in [-0.25, -0.2) is 34.9 Å². The second-order valence-corrected chi connectivity index (χ2v) is 31.2. The summed E-state index contributed by atoms with van der Waals surface area (Å²) < 4.78 is 5.38. The lowest BCUT2D eigenvalue weighted by atomic mass is 9.82. The van der Waals surface area contributed by atoms with E-state index in [0.29, 0.717) is 86.3 Å². The van der Waals surface area contributed by atoms with Gasteiger partial charge in [-0.3, -0.25) is 38.4 Å². The van der Waals surface area contributed by atoms with E-state index < -0.39 is 12.0 Å². The normalized spacial score (nSPS) is 21.8. The van der Waals surface area contributed by atoms with Gasteiger partial charge in [0.2, 0.25) is 47.4 Å². The van der Waals surface area contributed by atoms with Crippen molar-refractivity contribution in [2.45, 2.75) is 170 Å². The molecule has 0 bridgehead atoms. The summed E-state index contributed by atoms with van der Waals surface area (Å²) in [7, 11) is 0. The number of amides is 8. The van der Waals surface area contributed by atoms with Crippen LogP contribution < -0.4 is 62.6 Å². The third kappa shape index (κ3) is 20.7. The molecule has 9 heterocycles. The van der Waals surface area contributed by atoms with Gasteiger partial charge in [0.25, 0.3) is 17.7 Å². The Morgan fingerprint density at radius 1 is 0.479 bits per heavy atom. The second kappa shape index (κ2) is 39.0. The summed E-state index contributed by atoms with van der Waals surface area (Å²) >= 11 is 17.7. The Kier molecular flexibility index (Phi) is 29.3. The molecule has 0 aliphatic carbocycles. The van der Waals surface area contributed by atoms with E-state index in [9.17, 15) is 43.5 Å². The average molecular weight is 1660 g/mol. The second-order valence-electron chi connectivity index (χ2n) is 29.9. The molecule has 1 saturated heterocycles. The minimum atomic E-state index is -0.646. The number of anilines is 8. The van der Waals surface area contributed by atoms with Gasteiger partial charge in [0, 0.05) is 159 Å². The van der Waals surface area contributed by atoms with E-state index in [1.54, 1.807) is 101 Å². The molecule has 4 aromatic heterocycles. The summed E-state index contributed by atoms with van der Waals surface area (Å²) in [6, 6.07) is 25.9. The fraction of sp³-hybridized carbons (Fsp3) is 0.405. The molecular weight excluding hydrogens is 1560 g/mol. The van der Waals surface area contributed by atoms with Crippen molar-refractivity contribution in [3.8, 4) is 6.07 Å². The van der Waals surface area contributed by atoms with Crippen molar-refractivity contribution < 1.29 is 48.2 Å². The number of nitrogens with zero attached hydrogens (tertiary/aromatic N) is 12. The summed E-state index contributed by atoms with van der Waals surface area (Å²) in [5, 5.41) is 41.9. The SMILES string of the molecule is CC(=O)N1c2ccc(C(=O)NC3CCOCC3)cc2C(Nc2ncc(Cl)cn2)C(C)C1C.CC(=O)N1c2ccc(C(=O)NC[C@H](C)O)cc2C(Nc2ccc(C#N)cn2)C(C)C1C.CC(=O)N1c2ccc(C(N)=O)cc2C(Nc2ncc(Cl)cn2)C(C)C1C.CCNC(=O)c1ccc2c(c1)C(Nc1ncc(Cl)cn1)C(C)C(C)N2C(C)=O. The number of nitrogens with one attached hydrogen (secondary N) is 7. The number of hydrogen-bond acceptors (Lipinski definition) is 22. The Hall–Kier alpha value is -11.5. The first kappa shape index (κ1) is 87.9. The maximum atomic E-state index is 13.0. The molecule has 8 amide bonds. The first-order valence-corrected chi connectivity index (χ1v) is 39.9. The van der Waals surface area contributed by atoms with Crippen LogP contribution in [0.5, 0.6) is 0 Å². The molecule has 8 aromatic rings. The highest BCUT2D eigenvalue weighted by atomic mass is 35.5. The number of nitriles is 1. The van der Waals surface area contributed by atoms with Gasteiger partial charge >= 0.3 is 0 Å². The van der Waals surface area contributed by atoms with Crippen LogP contribution in [0.1, 0.15) is 203 Å². The highest BCUT2D eigenvalue weighted by Gasteiger charge is 2.44. The molecule has 5 aliphatic rings. The molecule has 616 valence electrons. The number of carbonyl (C=O) groups excluding carboxylic acids is 8. The Morgan fingerprint density at radius 3 is 1.11 bits per heavy atom. The van der Waals surface area contributed by atoms with Crippen LogP contribution in [0, 0.1) is 35.0 Å². The van der Waals surface area contributed by atoms with E-state index in [2.05, 4.69) is 92.0 Å². The Labute approximate surface area is 695 Å². The predicted molar refractivity (Wildman–Crippen MR) is 450 cm³/mol. The van der Waals surface area contributed by atoms with Gasteiger partial charge < -0.3 is 72.4 Å². The molecule has 33 heteroatoms. The molecule has 12 unspecified atom stereocenters. The fourth-order valence-electron chi connectivity index (χ4n) is 15.4. The van der Waals surface area contributed by atoms with E-state index in [4.69, 9.17) is 50.5 Å². The van der Waals surface area contributed by atoms with Crippen LogP contribution in [0.25, 0.3) is 0 Å². The summed E-state index contributed by atoms with van der Waals surface area (Å²) in [5.41, 5.74) is 14.3. The van der Waals surface area contributed by atoms with Crippen LogP contribution in [0.15, 0.2) is 128 Å².